The molecule has 0 amide bonds. The summed E-state index contributed by atoms with van der Waals surface area (Å²) in [5.74, 6) is 1.19. The number of fused-ring (bicyclic) bond motifs is 1. The van der Waals surface area contributed by atoms with Crippen molar-refractivity contribution in [2.24, 2.45) is 4.99 Å². The van der Waals surface area contributed by atoms with Crippen molar-refractivity contribution in [3.8, 4) is 22.9 Å². The molecule has 0 spiro atoms. The second-order valence-corrected chi connectivity index (χ2v) is 5.82. The quantitative estimate of drug-likeness (QED) is 0.629. The predicted molar refractivity (Wildman–Crippen MR) is 87.7 cm³/mol. The molecule has 3 rings (SSSR count). The molecule has 4 heteroatoms. The Morgan fingerprint density at radius 2 is 2.00 bits per heavy atom. The molecule has 4 nitrogen and oxygen atoms in total. The van der Waals surface area contributed by atoms with E-state index in [0.717, 1.165) is 22.4 Å². The Labute approximate surface area is 135 Å². The highest BCUT2D eigenvalue weighted by Crippen LogP contribution is 2.43. The molecule has 0 bridgehead atoms. The molecule has 0 N–H and O–H groups in total. The van der Waals surface area contributed by atoms with E-state index < -0.39 is 0 Å². The van der Waals surface area contributed by atoms with Crippen molar-refractivity contribution in [1.82, 2.24) is 0 Å². The Balaban J connectivity index is 2.20. The van der Waals surface area contributed by atoms with Gasteiger partial charge in [0.2, 0.25) is 6.08 Å². The van der Waals surface area contributed by atoms with Crippen molar-refractivity contribution in [2.75, 3.05) is 6.61 Å². The minimum atomic E-state index is 0.356. The number of aliphatic imine (C=N–C) groups is 1. The summed E-state index contributed by atoms with van der Waals surface area (Å²) in [5.41, 5.74) is 4.69. The van der Waals surface area contributed by atoms with E-state index in [1.54, 1.807) is 6.07 Å². The average Bonchev–Trinajstić information content (AvgIpc) is 3.04. The van der Waals surface area contributed by atoms with Crippen LogP contribution in [0.15, 0.2) is 35.3 Å². The van der Waals surface area contributed by atoms with Crippen LogP contribution in [-0.4, -0.2) is 12.7 Å². The second kappa shape index (κ2) is 6.08. The van der Waals surface area contributed by atoms with E-state index in [-0.39, 0.29) is 0 Å². The largest absolute Gasteiger partial charge is 0.492 e. The Hall–Kier alpha value is -2.89. The van der Waals surface area contributed by atoms with E-state index in [0.29, 0.717) is 30.2 Å². The van der Waals surface area contributed by atoms with Gasteiger partial charge in [-0.3, -0.25) is 0 Å². The zero-order valence-corrected chi connectivity index (χ0v) is 13.1. The van der Waals surface area contributed by atoms with E-state index in [1.165, 1.54) is 11.6 Å². The summed E-state index contributed by atoms with van der Waals surface area (Å²) in [6.45, 7) is 4.83. The topological polar surface area (TPSA) is 62.5 Å². The van der Waals surface area contributed by atoms with Crippen molar-refractivity contribution in [3.05, 3.63) is 47.0 Å². The number of benzene rings is 2. The first kappa shape index (κ1) is 15.0. The van der Waals surface area contributed by atoms with Gasteiger partial charge < -0.3 is 4.74 Å². The third kappa shape index (κ3) is 2.63. The molecule has 0 saturated heterocycles. The number of nitrogens with zero attached hydrogens (tertiary/aromatic N) is 2. The van der Waals surface area contributed by atoms with Gasteiger partial charge in [-0.1, -0.05) is 38.1 Å². The fourth-order valence-electron chi connectivity index (χ4n) is 2.89. The molecule has 0 fully saturated rings. The first-order valence-electron chi connectivity index (χ1n) is 7.56. The maximum Gasteiger partial charge on any atom is 0.240 e. The van der Waals surface area contributed by atoms with Gasteiger partial charge in [-0.15, -0.1) is 0 Å². The third-order valence-corrected chi connectivity index (χ3v) is 4.12. The predicted octanol–water partition coefficient (Wildman–Crippen LogP) is 4.25. The first-order valence-corrected chi connectivity index (χ1v) is 7.56. The molecule has 1 aliphatic rings. The van der Waals surface area contributed by atoms with Crippen LogP contribution in [0, 0.1) is 11.3 Å². The molecule has 23 heavy (non-hydrogen) atoms. The molecule has 0 atom stereocenters. The molecular formula is C19H16N2O2. The van der Waals surface area contributed by atoms with Crippen LogP contribution in [0.25, 0.3) is 11.1 Å². The van der Waals surface area contributed by atoms with Gasteiger partial charge in [0, 0.05) is 17.5 Å². The second-order valence-electron chi connectivity index (χ2n) is 5.82. The summed E-state index contributed by atoms with van der Waals surface area (Å²) in [5, 5.41) is 9.37. The maximum atomic E-state index is 10.7. The number of ether oxygens (including phenoxy) is 1. The minimum Gasteiger partial charge on any atom is -0.492 e. The summed E-state index contributed by atoms with van der Waals surface area (Å²) in [7, 11) is 0. The molecule has 0 aliphatic carbocycles. The van der Waals surface area contributed by atoms with Crippen molar-refractivity contribution in [1.29, 1.82) is 5.26 Å². The molecule has 0 saturated carbocycles. The molecule has 1 aliphatic heterocycles. The van der Waals surface area contributed by atoms with Gasteiger partial charge in [-0.25, -0.2) is 4.79 Å². The zero-order chi connectivity index (χ0) is 16.4. The number of hydrogen-bond donors (Lipinski definition) is 0. The van der Waals surface area contributed by atoms with Gasteiger partial charge >= 0.3 is 0 Å². The number of nitriles is 1. The van der Waals surface area contributed by atoms with Crippen LogP contribution in [0.3, 0.4) is 0 Å². The first-order chi connectivity index (χ1) is 11.2. The smallest absolute Gasteiger partial charge is 0.240 e. The van der Waals surface area contributed by atoms with E-state index in [4.69, 9.17) is 4.74 Å². The van der Waals surface area contributed by atoms with Gasteiger partial charge in [0.15, 0.2) is 0 Å². The highest BCUT2D eigenvalue weighted by molar-refractivity contribution is 5.81. The van der Waals surface area contributed by atoms with Crippen molar-refractivity contribution in [3.63, 3.8) is 0 Å². The SMILES string of the molecule is CC(C)c1ccc(-c2cc(N=C=O)c(C#N)c3c2OCC3)cc1. The normalized spacial score (nSPS) is 12.3. The van der Waals surface area contributed by atoms with Gasteiger partial charge in [0.1, 0.15) is 11.8 Å². The Morgan fingerprint density at radius 1 is 1.26 bits per heavy atom. The monoisotopic (exact) mass is 304 g/mol. The Morgan fingerprint density at radius 3 is 2.61 bits per heavy atom. The van der Waals surface area contributed by atoms with E-state index in [2.05, 4.69) is 37.0 Å². The lowest BCUT2D eigenvalue weighted by molar-refractivity contribution is 0.358. The Bertz CT molecular complexity index is 839. The Kier molecular flexibility index (Phi) is 3.97. The number of hydrogen-bond acceptors (Lipinski definition) is 4. The lowest BCUT2D eigenvalue weighted by atomic mass is 9.94. The molecular weight excluding hydrogens is 288 g/mol. The standard InChI is InChI=1S/C19H16N2O2/c1-12(2)13-3-5-14(6-4-13)16-9-18(21-11-22)17(10-20)15-7-8-23-19(15)16/h3-6,9,12H,7-8H2,1-2H3. The summed E-state index contributed by atoms with van der Waals surface area (Å²) in [4.78, 5) is 14.4. The van der Waals surface area contributed by atoms with Crippen LogP contribution in [-0.2, 0) is 11.2 Å². The van der Waals surface area contributed by atoms with Crippen molar-refractivity contribution in [2.45, 2.75) is 26.2 Å². The molecule has 2 aromatic rings. The fraction of sp³-hybridized carbons (Fsp3) is 0.263. The van der Waals surface area contributed by atoms with Crippen LogP contribution < -0.4 is 4.74 Å². The van der Waals surface area contributed by atoms with Crippen LogP contribution in [0.1, 0.15) is 36.5 Å². The summed E-state index contributed by atoms with van der Waals surface area (Å²) in [6, 6.07) is 12.1. The third-order valence-electron chi connectivity index (χ3n) is 4.12. The molecule has 2 aromatic carbocycles. The minimum absolute atomic E-state index is 0.356. The molecule has 1 heterocycles. The average molecular weight is 304 g/mol. The van der Waals surface area contributed by atoms with Gasteiger partial charge in [-0.05, 0) is 23.1 Å². The van der Waals surface area contributed by atoms with Gasteiger partial charge in [-0.2, -0.15) is 10.3 Å². The summed E-state index contributed by atoms with van der Waals surface area (Å²) in [6.07, 6.45) is 2.19. The fourth-order valence-corrected chi connectivity index (χ4v) is 2.89. The summed E-state index contributed by atoms with van der Waals surface area (Å²) < 4.78 is 5.75. The number of isocyanates is 1. The van der Waals surface area contributed by atoms with Crippen LogP contribution in [0.5, 0.6) is 5.75 Å². The molecule has 0 aromatic heterocycles. The van der Waals surface area contributed by atoms with Crippen LogP contribution >= 0.6 is 0 Å². The van der Waals surface area contributed by atoms with Gasteiger partial charge in [0.05, 0.1) is 17.9 Å². The lowest BCUT2D eigenvalue weighted by Gasteiger charge is -2.12. The van der Waals surface area contributed by atoms with E-state index >= 15 is 0 Å². The van der Waals surface area contributed by atoms with Gasteiger partial charge in [0.25, 0.3) is 0 Å². The zero-order valence-electron chi connectivity index (χ0n) is 13.1. The van der Waals surface area contributed by atoms with Crippen LogP contribution in [0.4, 0.5) is 5.69 Å². The van der Waals surface area contributed by atoms with Crippen molar-refractivity contribution >= 4 is 11.8 Å². The number of carbonyl (C=O) groups excluding carboxylic acids is 1. The highest BCUT2D eigenvalue weighted by Gasteiger charge is 2.24. The highest BCUT2D eigenvalue weighted by atomic mass is 16.5. The van der Waals surface area contributed by atoms with Crippen LogP contribution in [0.2, 0.25) is 0 Å². The van der Waals surface area contributed by atoms with Crippen molar-refractivity contribution < 1.29 is 9.53 Å². The number of rotatable bonds is 3. The maximum absolute atomic E-state index is 10.7. The molecule has 114 valence electrons. The summed E-state index contributed by atoms with van der Waals surface area (Å²) >= 11 is 0. The van der Waals surface area contributed by atoms with E-state index in [1.807, 2.05) is 12.1 Å². The molecule has 0 unspecified atom stereocenters. The molecule has 0 radical (unpaired) electrons. The lowest BCUT2D eigenvalue weighted by Crippen LogP contribution is -1.92. The van der Waals surface area contributed by atoms with E-state index in [9.17, 15) is 10.1 Å².